The maximum atomic E-state index is 11.8. The molecule has 0 radical (unpaired) electrons. The average molecular weight is 240 g/mol. The number of halogens is 1. The van der Waals surface area contributed by atoms with Crippen LogP contribution in [0.3, 0.4) is 0 Å². The number of amides is 1. The quantitative estimate of drug-likeness (QED) is 0.689. The highest BCUT2D eigenvalue weighted by atomic mass is 35.5. The fourth-order valence-corrected chi connectivity index (χ4v) is 1.85. The van der Waals surface area contributed by atoms with Crippen LogP contribution in [-0.4, -0.2) is 11.9 Å². The van der Waals surface area contributed by atoms with Gasteiger partial charge in [0.05, 0.1) is 22.0 Å². The first-order chi connectivity index (χ1) is 7.58. The van der Waals surface area contributed by atoms with E-state index in [4.69, 9.17) is 23.1 Å². The second-order valence-electron chi connectivity index (χ2n) is 4.06. The Bertz CT molecular complexity index is 429. The van der Waals surface area contributed by atoms with Gasteiger partial charge in [0.15, 0.2) is 0 Å². The van der Waals surface area contributed by atoms with E-state index in [1.54, 1.807) is 0 Å². The lowest BCUT2D eigenvalue weighted by molar-refractivity contribution is 0.0917. The van der Waals surface area contributed by atoms with Crippen molar-refractivity contribution in [3.63, 3.8) is 0 Å². The highest BCUT2D eigenvalue weighted by Crippen LogP contribution is 2.26. The zero-order valence-corrected chi connectivity index (χ0v) is 9.55. The first kappa shape index (κ1) is 11.1. The lowest BCUT2D eigenvalue weighted by atomic mass is 9.93. The van der Waals surface area contributed by atoms with Crippen LogP contribution in [-0.2, 0) is 0 Å². The maximum Gasteiger partial charge on any atom is 0.253 e. The van der Waals surface area contributed by atoms with Crippen molar-refractivity contribution >= 4 is 28.9 Å². The van der Waals surface area contributed by atoms with E-state index in [2.05, 4.69) is 5.32 Å². The molecule has 5 N–H and O–H groups in total. The standard InChI is InChI=1S/C11H14ClN3O/c12-8-5-10(14)9(13)4-7(8)11(16)15-6-2-1-3-6/h4-6H,1-3,13-14H2,(H,15,16). The molecule has 0 spiro atoms. The number of nitrogens with two attached hydrogens (primary N) is 2. The van der Waals surface area contributed by atoms with Gasteiger partial charge in [0, 0.05) is 6.04 Å². The summed E-state index contributed by atoms with van der Waals surface area (Å²) in [5, 5.41) is 3.24. The minimum absolute atomic E-state index is 0.179. The molecule has 0 unspecified atom stereocenters. The molecule has 4 nitrogen and oxygen atoms in total. The number of hydrogen-bond acceptors (Lipinski definition) is 3. The number of nitrogens with one attached hydrogen (secondary N) is 1. The zero-order valence-electron chi connectivity index (χ0n) is 8.79. The van der Waals surface area contributed by atoms with E-state index in [-0.39, 0.29) is 11.9 Å². The summed E-state index contributed by atoms with van der Waals surface area (Å²) in [6.07, 6.45) is 3.24. The van der Waals surface area contributed by atoms with Crippen LogP contribution in [0.2, 0.25) is 5.02 Å². The summed E-state index contributed by atoms with van der Waals surface area (Å²) in [4.78, 5) is 11.8. The van der Waals surface area contributed by atoms with Gasteiger partial charge in [0.25, 0.3) is 5.91 Å². The number of carbonyl (C=O) groups is 1. The van der Waals surface area contributed by atoms with Crippen molar-refractivity contribution in [3.8, 4) is 0 Å². The van der Waals surface area contributed by atoms with Crippen molar-refractivity contribution in [2.24, 2.45) is 0 Å². The van der Waals surface area contributed by atoms with Gasteiger partial charge < -0.3 is 16.8 Å². The summed E-state index contributed by atoms with van der Waals surface area (Å²) >= 11 is 5.94. The van der Waals surface area contributed by atoms with Crippen molar-refractivity contribution in [1.29, 1.82) is 0 Å². The van der Waals surface area contributed by atoms with Gasteiger partial charge in [-0.2, -0.15) is 0 Å². The number of carbonyl (C=O) groups excluding carboxylic acids is 1. The van der Waals surface area contributed by atoms with Crippen molar-refractivity contribution in [3.05, 3.63) is 22.7 Å². The summed E-state index contributed by atoms with van der Waals surface area (Å²) in [7, 11) is 0. The molecule has 0 bridgehead atoms. The van der Waals surface area contributed by atoms with Gasteiger partial charge in [0.2, 0.25) is 0 Å². The highest BCUT2D eigenvalue weighted by molar-refractivity contribution is 6.34. The van der Waals surface area contributed by atoms with E-state index in [1.165, 1.54) is 18.6 Å². The van der Waals surface area contributed by atoms with E-state index in [0.29, 0.717) is 22.0 Å². The molecule has 16 heavy (non-hydrogen) atoms. The third kappa shape index (κ3) is 2.07. The number of nitrogen functional groups attached to an aromatic ring is 2. The predicted molar refractivity (Wildman–Crippen MR) is 65.4 cm³/mol. The van der Waals surface area contributed by atoms with Gasteiger partial charge in [-0.25, -0.2) is 0 Å². The molecule has 1 aliphatic carbocycles. The average Bonchev–Trinajstić information content (AvgIpc) is 2.17. The molecule has 0 heterocycles. The summed E-state index contributed by atoms with van der Waals surface area (Å²) in [5.74, 6) is -0.179. The molecule has 1 aliphatic rings. The molecule has 1 aromatic carbocycles. The van der Waals surface area contributed by atoms with Gasteiger partial charge in [-0.3, -0.25) is 4.79 Å². The fourth-order valence-electron chi connectivity index (χ4n) is 1.60. The largest absolute Gasteiger partial charge is 0.397 e. The minimum Gasteiger partial charge on any atom is -0.397 e. The van der Waals surface area contributed by atoms with Gasteiger partial charge in [0.1, 0.15) is 0 Å². The van der Waals surface area contributed by atoms with Crippen molar-refractivity contribution in [2.45, 2.75) is 25.3 Å². The molecule has 0 saturated heterocycles. The third-order valence-electron chi connectivity index (χ3n) is 2.86. The molecule has 2 rings (SSSR count). The summed E-state index contributed by atoms with van der Waals surface area (Å²) in [6, 6.07) is 3.31. The van der Waals surface area contributed by atoms with Crippen molar-refractivity contribution in [2.75, 3.05) is 11.5 Å². The Labute approximate surface area is 98.9 Å². The second-order valence-corrected chi connectivity index (χ2v) is 4.47. The number of rotatable bonds is 2. The van der Waals surface area contributed by atoms with Crippen molar-refractivity contribution < 1.29 is 4.79 Å². The summed E-state index contributed by atoms with van der Waals surface area (Å²) in [5.41, 5.74) is 12.4. The molecule has 1 aromatic rings. The molecular weight excluding hydrogens is 226 g/mol. The fraction of sp³-hybridized carbons (Fsp3) is 0.364. The Morgan fingerprint density at radius 1 is 1.31 bits per heavy atom. The molecule has 86 valence electrons. The molecule has 1 fully saturated rings. The minimum atomic E-state index is -0.179. The van der Waals surface area contributed by atoms with Crippen LogP contribution in [0, 0.1) is 0 Å². The smallest absolute Gasteiger partial charge is 0.253 e. The first-order valence-corrected chi connectivity index (χ1v) is 5.61. The van der Waals surface area contributed by atoms with Gasteiger partial charge in [-0.05, 0) is 31.4 Å². The van der Waals surface area contributed by atoms with Crippen LogP contribution in [0.5, 0.6) is 0 Å². The summed E-state index contributed by atoms with van der Waals surface area (Å²) < 4.78 is 0. The molecule has 0 atom stereocenters. The molecule has 0 aliphatic heterocycles. The zero-order chi connectivity index (χ0) is 11.7. The third-order valence-corrected chi connectivity index (χ3v) is 3.17. The van der Waals surface area contributed by atoms with E-state index >= 15 is 0 Å². The van der Waals surface area contributed by atoms with E-state index in [9.17, 15) is 4.79 Å². The first-order valence-electron chi connectivity index (χ1n) is 5.23. The molecule has 5 heteroatoms. The van der Waals surface area contributed by atoms with Crippen LogP contribution >= 0.6 is 11.6 Å². The van der Waals surface area contributed by atoms with Crippen LogP contribution in [0.15, 0.2) is 12.1 Å². The van der Waals surface area contributed by atoms with Crippen LogP contribution in [0.1, 0.15) is 29.6 Å². The number of anilines is 2. The predicted octanol–water partition coefficient (Wildman–Crippen LogP) is 1.79. The SMILES string of the molecule is Nc1cc(Cl)c(C(=O)NC2CCC2)cc1N. The van der Waals surface area contributed by atoms with E-state index < -0.39 is 0 Å². The Morgan fingerprint density at radius 2 is 1.94 bits per heavy atom. The number of benzene rings is 1. The van der Waals surface area contributed by atoms with E-state index in [0.717, 1.165) is 12.8 Å². The van der Waals surface area contributed by atoms with Crippen LogP contribution in [0.4, 0.5) is 11.4 Å². The molecule has 0 aromatic heterocycles. The Morgan fingerprint density at radius 3 is 2.50 bits per heavy atom. The summed E-state index contributed by atoms with van der Waals surface area (Å²) in [6.45, 7) is 0. The maximum absolute atomic E-state index is 11.8. The topological polar surface area (TPSA) is 81.1 Å². The van der Waals surface area contributed by atoms with Gasteiger partial charge >= 0.3 is 0 Å². The Balaban J connectivity index is 2.18. The lowest BCUT2D eigenvalue weighted by Gasteiger charge is -2.26. The molecular formula is C11H14ClN3O. The highest BCUT2D eigenvalue weighted by Gasteiger charge is 2.21. The van der Waals surface area contributed by atoms with Crippen molar-refractivity contribution in [1.82, 2.24) is 5.32 Å². The Kier molecular flexibility index (Phi) is 2.92. The number of hydrogen-bond donors (Lipinski definition) is 3. The van der Waals surface area contributed by atoms with Gasteiger partial charge in [-0.1, -0.05) is 11.6 Å². The van der Waals surface area contributed by atoms with Crippen LogP contribution < -0.4 is 16.8 Å². The second kappa shape index (κ2) is 4.22. The lowest BCUT2D eigenvalue weighted by Crippen LogP contribution is -2.39. The normalized spacial score (nSPS) is 15.6. The monoisotopic (exact) mass is 239 g/mol. The molecule has 1 saturated carbocycles. The Hall–Kier alpha value is -1.42. The molecule has 1 amide bonds. The van der Waals surface area contributed by atoms with Crippen LogP contribution in [0.25, 0.3) is 0 Å². The van der Waals surface area contributed by atoms with Gasteiger partial charge in [-0.15, -0.1) is 0 Å². The van der Waals surface area contributed by atoms with E-state index in [1.807, 2.05) is 0 Å².